The smallest absolute Gasteiger partial charge is 0.251 e. The topological polar surface area (TPSA) is 61.4 Å². The van der Waals surface area contributed by atoms with Gasteiger partial charge < -0.3 is 15.5 Å². The molecule has 5 nitrogen and oxygen atoms in total. The molecule has 0 aliphatic carbocycles. The number of amides is 2. The number of nitrogens with zero attached hydrogens (tertiary/aromatic N) is 1. The Kier molecular flexibility index (Phi) is 4.09. The molecule has 2 heterocycles. The maximum atomic E-state index is 12.4. The van der Waals surface area contributed by atoms with Crippen molar-refractivity contribution in [2.24, 2.45) is 0 Å². The van der Waals surface area contributed by atoms with E-state index in [2.05, 4.69) is 15.5 Å². The van der Waals surface area contributed by atoms with Gasteiger partial charge in [-0.1, -0.05) is 29.8 Å². The van der Waals surface area contributed by atoms with Crippen LogP contribution in [0.25, 0.3) is 0 Å². The SMILES string of the molecule is O=C(NCc1ccccc1Cl)c1ccc2c(c1)NC(=O)[C@H]1CCCN21. The fourth-order valence-electron chi connectivity index (χ4n) is 3.49. The highest BCUT2D eigenvalue weighted by atomic mass is 35.5. The highest BCUT2D eigenvalue weighted by Gasteiger charge is 2.36. The monoisotopic (exact) mass is 355 g/mol. The highest BCUT2D eigenvalue weighted by Crippen LogP contribution is 2.37. The van der Waals surface area contributed by atoms with Crippen molar-refractivity contribution in [1.82, 2.24) is 5.32 Å². The van der Waals surface area contributed by atoms with Crippen molar-refractivity contribution < 1.29 is 9.59 Å². The first-order valence-electron chi connectivity index (χ1n) is 8.36. The summed E-state index contributed by atoms with van der Waals surface area (Å²) in [5.74, 6) is -0.181. The minimum atomic E-state index is -0.194. The Morgan fingerprint density at radius 2 is 2.12 bits per heavy atom. The van der Waals surface area contributed by atoms with Crippen molar-refractivity contribution in [3.05, 3.63) is 58.6 Å². The third kappa shape index (κ3) is 2.96. The second-order valence-electron chi connectivity index (χ2n) is 6.35. The van der Waals surface area contributed by atoms with Crippen LogP contribution >= 0.6 is 11.6 Å². The number of carbonyl (C=O) groups is 2. The van der Waals surface area contributed by atoms with Crippen molar-refractivity contribution in [2.75, 3.05) is 16.8 Å². The molecule has 0 saturated carbocycles. The number of hydrogen-bond acceptors (Lipinski definition) is 3. The molecule has 2 amide bonds. The van der Waals surface area contributed by atoms with Crippen LogP contribution in [0.15, 0.2) is 42.5 Å². The zero-order valence-electron chi connectivity index (χ0n) is 13.6. The fraction of sp³-hybridized carbons (Fsp3) is 0.263. The lowest BCUT2D eigenvalue weighted by molar-refractivity contribution is -0.117. The molecule has 6 heteroatoms. The lowest BCUT2D eigenvalue weighted by Gasteiger charge is -2.33. The summed E-state index contributed by atoms with van der Waals surface area (Å²) in [5, 5.41) is 6.42. The average molecular weight is 356 g/mol. The van der Waals surface area contributed by atoms with Gasteiger partial charge in [-0.3, -0.25) is 9.59 Å². The van der Waals surface area contributed by atoms with Crippen LogP contribution in [0.1, 0.15) is 28.8 Å². The molecule has 2 aromatic rings. The summed E-state index contributed by atoms with van der Waals surface area (Å²) in [6.07, 6.45) is 1.89. The lowest BCUT2D eigenvalue weighted by Crippen LogP contribution is -2.44. The molecule has 0 bridgehead atoms. The van der Waals surface area contributed by atoms with E-state index >= 15 is 0 Å². The van der Waals surface area contributed by atoms with Crippen molar-refractivity contribution in [3.8, 4) is 0 Å². The van der Waals surface area contributed by atoms with Crippen LogP contribution in [0.3, 0.4) is 0 Å². The summed E-state index contributed by atoms with van der Waals surface area (Å²) in [5.41, 5.74) is 3.07. The Balaban J connectivity index is 1.52. The van der Waals surface area contributed by atoms with Gasteiger partial charge in [0.15, 0.2) is 0 Å². The third-order valence-electron chi connectivity index (χ3n) is 4.78. The molecule has 0 aromatic heterocycles. The number of rotatable bonds is 3. The largest absolute Gasteiger partial charge is 0.358 e. The van der Waals surface area contributed by atoms with Gasteiger partial charge in [0, 0.05) is 23.7 Å². The van der Waals surface area contributed by atoms with Gasteiger partial charge in [0.25, 0.3) is 5.91 Å². The molecule has 0 spiro atoms. The molecule has 1 fully saturated rings. The second-order valence-corrected chi connectivity index (χ2v) is 6.75. The van der Waals surface area contributed by atoms with Crippen molar-refractivity contribution in [3.63, 3.8) is 0 Å². The normalized spacial score (nSPS) is 18.4. The van der Waals surface area contributed by atoms with E-state index in [1.54, 1.807) is 18.2 Å². The Bertz CT molecular complexity index is 852. The Labute approximate surface area is 151 Å². The second kappa shape index (κ2) is 6.41. The predicted octanol–water partition coefficient (Wildman–Crippen LogP) is 3.19. The number of hydrogen-bond donors (Lipinski definition) is 2. The molecule has 0 radical (unpaired) electrons. The van der Waals surface area contributed by atoms with Gasteiger partial charge in [-0.2, -0.15) is 0 Å². The molecule has 0 unspecified atom stereocenters. The predicted molar refractivity (Wildman–Crippen MR) is 98.1 cm³/mol. The molecule has 2 aliphatic heterocycles. The summed E-state index contributed by atoms with van der Waals surface area (Å²) < 4.78 is 0. The molecule has 2 N–H and O–H groups in total. The van der Waals surface area contributed by atoms with E-state index in [1.165, 1.54) is 0 Å². The minimum Gasteiger partial charge on any atom is -0.358 e. The number of carbonyl (C=O) groups excluding carboxylic acids is 2. The number of benzene rings is 2. The number of anilines is 2. The Morgan fingerprint density at radius 3 is 2.96 bits per heavy atom. The number of fused-ring (bicyclic) bond motifs is 3. The van der Waals surface area contributed by atoms with Crippen LogP contribution in [0.5, 0.6) is 0 Å². The first kappa shape index (κ1) is 16.0. The van der Waals surface area contributed by atoms with Gasteiger partial charge in [0.2, 0.25) is 5.91 Å². The summed E-state index contributed by atoms with van der Waals surface area (Å²) in [6, 6.07) is 12.8. The van der Waals surface area contributed by atoms with Crippen LogP contribution < -0.4 is 15.5 Å². The van der Waals surface area contributed by atoms with Crippen LogP contribution in [-0.4, -0.2) is 24.4 Å². The van der Waals surface area contributed by atoms with Crippen molar-refractivity contribution in [1.29, 1.82) is 0 Å². The van der Waals surface area contributed by atoms with E-state index in [4.69, 9.17) is 11.6 Å². The van der Waals surface area contributed by atoms with Crippen LogP contribution in [0.4, 0.5) is 11.4 Å². The van der Waals surface area contributed by atoms with Gasteiger partial charge in [-0.25, -0.2) is 0 Å². The summed E-state index contributed by atoms with van der Waals surface area (Å²) in [4.78, 5) is 26.8. The van der Waals surface area contributed by atoms with Crippen LogP contribution in [0.2, 0.25) is 5.02 Å². The summed E-state index contributed by atoms with van der Waals surface area (Å²) in [6.45, 7) is 1.24. The lowest BCUT2D eigenvalue weighted by atomic mass is 10.1. The zero-order valence-corrected chi connectivity index (χ0v) is 14.3. The fourth-order valence-corrected chi connectivity index (χ4v) is 3.69. The molecule has 1 saturated heterocycles. The van der Waals surface area contributed by atoms with Crippen LogP contribution in [0, 0.1) is 0 Å². The first-order valence-corrected chi connectivity index (χ1v) is 8.74. The van der Waals surface area contributed by atoms with Crippen molar-refractivity contribution in [2.45, 2.75) is 25.4 Å². The molecule has 2 aromatic carbocycles. The van der Waals surface area contributed by atoms with Gasteiger partial charge in [-0.15, -0.1) is 0 Å². The van der Waals surface area contributed by atoms with Gasteiger partial charge >= 0.3 is 0 Å². The summed E-state index contributed by atoms with van der Waals surface area (Å²) >= 11 is 6.11. The zero-order chi connectivity index (χ0) is 17.4. The molecule has 128 valence electrons. The van der Waals surface area contributed by atoms with Gasteiger partial charge in [0.05, 0.1) is 11.4 Å². The Hall–Kier alpha value is -2.53. The average Bonchev–Trinajstić information content (AvgIpc) is 3.11. The van der Waals surface area contributed by atoms with E-state index in [9.17, 15) is 9.59 Å². The number of halogens is 1. The minimum absolute atomic E-state index is 0.0126. The van der Waals surface area contributed by atoms with E-state index in [0.717, 1.165) is 30.6 Å². The molecule has 2 aliphatic rings. The van der Waals surface area contributed by atoms with Gasteiger partial charge in [-0.05, 0) is 42.7 Å². The van der Waals surface area contributed by atoms with Gasteiger partial charge in [0.1, 0.15) is 6.04 Å². The molecular weight excluding hydrogens is 338 g/mol. The van der Waals surface area contributed by atoms with Crippen LogP contribution in [-0.2, 0) is 11.3 Å². The molecule has 1 atom stereocenters. The third-order valence-corrected chi connectivity index (χ3v) is 5.15. The summed E-state index contributed by atoms with van der Waals surface area (Å²) in [7, 11) is 0. The quantitative estimate of drug-likeness (QED) is 0.888. The molecule has 25 heavy (non-hydrogen) atoms. The van der Waals surface area contributed by atoms with E-state index in [-0.39, 0.29) is 17.9 Å². The van der Waals surface area contributed by atoms with E-state index in [0.29, 0.717) is 22.8 Å². The maximum absolute atomic E-state index is 12.4. The van der Waals surface area contributed by atoms with E-state index in [1.807, 2.05) is 24.3 Å². The molecule has 4 rings (SSSR count). The molecular formula is C19H18ClN3O2. The number of nitrogens with one attached hydrogen (secondary N) is 2. The standard InChI is InChI=1S/C19H18ClN3O2/c20-14-5-2-1-4-13(14)11-21-18(24)12-7-8-16-15(10-12)22-19(25)17-6-3-9-23(16)17/h1-2,4-5,7-8,10,17H,3,6,9,11H2,(H,21,24)(H,22,25)/t17-/m1/s1. The Morgan fingerprint density at radius 1 is 1.28 bits per heavy atom. The van der Waals surface area contributed by atoms with E-state index < -0.39 is 0 Å². The van der Waals surface area contributed by atoms with Crippen molar-refractivity contribution >= 4 is 34.8 Å². The highest BCUT2D eigenvalue weighted by molar-refractivity contribution is 6.31. The first-order chi connectivity index (χ1) is 12.1. The maximum Gasteiger partial charge on any atom is 0.251 e.